The number of hydrogen-bond acceptors (Lipinski definition) is 5. The Morgan fingerprint density at radius 2 is 1.68 bits per heavy atom. The average Bonchev–Trinajstić information content (AvgIpc) is 2.80. The van der Waals surface area contributed by atoms with Crippen LogP contribution in [0.2, 0.25) is 0 Å². The van der Waals surface area contributed by atoms with Crippen LogP contribution in [0.3, 0.4) is 0 Å². The molecule has 3 rings (SSSR count). The van der Waals surface area contributed by atoms with Crippen LogP contribution >= 0.6 is 0 Å². The largest absolute Gasteiger partial charge is 0.495 e. The highest BCUT2D eigenvalue weighted by Gasteiger charge is 2.13. The summed E-state index contributed by atoms with van der Waals surface area (Å²) in [6, 6.07) is 22.7. The molecule has 0 unspecified atom stereocenters. The number of nitrogens with zero attached hydrogens (tertiary/aromatic N) is 1. The molecule has 0 bridgehead atoms. The number of amides is 2. The van der Waals surface area contributed by atoms with E-state index in [0.29, 0.717) is 17.0 Å². The highest BCUT2D eigenvalue weighted by atomic mass is 16.5. The average molecular weight is 416 g/mol. The van der Waals surface area contributed by atoms with E-state index in [1.807, 2.05) is 79.7 Å². The molecule has 0 aliphatic carbocycles. The predicted molar refractivity (Wildman–Crippen MR) is 121 cm³/mol. The van der Waals surface area contributed by atoms with E-state index in [4.69, 9.17) is 4.74 Å². The van der Waals surface area contributed by atoms with Crippen molar-refractivity contribution in [1.82, 2.24) is 10.7 Å². The molecule has 0 fully saturated rings. The van der Waals surface area contributed by atoms with E-state index in [0.717, 1.165) is 16.8 Å². The van der Waals surface area contributed by atoms with E-state index in [1.54, 1.807) is 7.11 Å². The molecule has 2 amide bonds. The molecular formula is C24H24N4O3. The van der Waals surface area contributed by atoms with Crippen molar-refractivity contribution >= 4 is 29.4 Å². The van der Waals surface area contributed by atoms with Crippen molar-refractivity contribution in [3.63, 3.8) is 0 Å². The van der Waals surface area contributed by atoms with Crippen LogP contribution in [-0.2, 0) is 16.1 Å². The summed E-state index contributed by atoms with van der Waals surface area (Å²) < 4.78 is 5.46. The number of hydrazone groups is 1. The van der Waals surface area contributed by atoms with Gasteiger partial charge in [-0.15, -0.1) is 0 Å². The Bertz CT molecular complexity index is 1080. The Morgan fingerprint density at radius 1 is 0.935 bits per heavy atom. The molecule has 0 radical (unpaired) electrons. The van der Waals surface area contributed by atoms with Crippen molar-refractivity contribution < 1.29 is 14.3 Å². The van der Waals surface area contributed by atoms with Gasteiger partial charge in [-0.2, -0.15) is 5.10 Å². The van der Waals surface area contributed by atoms with E-state index in [-0.39, 0.29) is 6.54 Å². The molecule has 0 aliphatic rings. The summed E-state index contributed by atoms with van der Waals surface area (Å²) >= 11 is 0. The van der Waals surface area contributed by atoms with Gasteiger partial charge in [-0.05, 0) is 30.2 Å². The van der Waals surface area contributed by atoms with Crippen molar-refractivity contribution in [3.8, 4) is 5.75 Å². The third-order valence-electron chi connectivity index (χ3n) is 4.55. The summed E-state index contributed by atoms with van der Waals surface area (Å²) in [5.74, 6) is -0.979. The number of carbonyl (C=O) groups is 2. The third kappa shape index (κ3) is 5.93. The van der Waals surface area contributed by atoms with Crippen molar-refractivity contribution in [2.45, 2.75) is 13.5 Å². The fraction of sp³-hybridized carbons (Fsp3) is 0.125. The number of hydrogen-bond donors (Lipinski definition) is 3. The number of ether oxygens (including phenoxy) is 1. The minimum absolute atomic E-state index is 0.261. The number of methoxy groups -OCH3 is 1. The Morgan fingerprint density at radius 3 is 2.42 bits per heavy atom. The Hall–Kier alpha value is -4.13. The molecule has 0 saturated heterocycles. The molecule has 158 valence electrons. The number of carbonyl (C=O) groups excluding carboxylic acids is 2. The lowest BCUT2D eigenvalue weighted by Crippen LogP contribution is -2.37. The van der Waals surface area contributed by atoms with E-state index < -0.39 is 11.8 Å². The fourth-order valence-corrected chi connectivity index (χ4v) is 2.88. The minimum atomic E-state index is -0.844. The Kier molecular flexibility index (Phi) is 7.37. The Balaban J connectivity index is 1.66. The molecule has 0 aromatic heterocycles. The lowest BCUT2D eigenvalue weighted by molar-refractivity contribution is -0.139. The number of rotatable bonds is 7. The lowest BCUT2D eigenvalue weighted by atomic mass is 10.1. The van der Waals surface area contributed by atoms with Crippen molar-refractivity contribution in [2.24, 2.45) is 5.10 Å². The zero-order valence-electron chi connectivity index (χ0n) is 17.4. The van der Waals surface area contributed by atoms with Gasteiger partial charge in [0, 0.05) is 17.8 Å². The molecule has 0 aliphatic heterocycles. The number of aryl methyl sites for hydroxylation is 1. The van der Waals surface area contributed by atoms with Gasteiger partial charge in [0.2, 0.25) is 0 Å². The first-order chi connectivity index (χ1) is 15.1. The lowest BCUT2D eigenvalue weighted by Gasteiger charge is -2.15. The predicted octanol–water partition coefficient (Wildman–Crippen LogP) is 3.51. The maximum atomic E-state index is 12.0. The van der Waals surface area contributed by atoms with Crippen molar-refractivity contribution in [3.05, 3.63) is 89.5 Å². The summed E-state index contributed by atoms with van der Waals surface area (Å²) in [7, 11) is 1.58. The molecule has 3 aromatic carbocycles. The first-order valence-corrected chi connectivity index (χ1v) is 9.73. The molecule has 0 spiro atoms. The molecule has 31 heavy (non-hydrogen) atoms. The minimum Gasteiger partial charge on any atom is -0.495 e. The summed E-state index contributed by atoms with van der Waals surface area (Å²) in [5.41, 5.74) is 6.53. The number of para-hydroxylation sites is 2. The maximum absolute atomic E-state index is 12.0. The van der Waals surface area contributed by atoms with Gasteiger partial charge in [-0.3, -0.25) is 9.59 Å². The van der Waals surface area contributed by atoms with Gasteiger partial charge in [0.15, 0.2) is 0 Å². The van der Waals surface area contributed by atoms with Gasteiger partial charge in [0.25, 0.3) is 0 Å². The SMILES string of the molecule is COc1cccc(/C=N\NC(=O)C(=O)NCc2ccccc2)c1Nc1ccccc1C. The quantitative estimate of drug-likeness (QED) is 0.312. The van der Waals surface area contributed by atoms with Crippen LogP contribution in [0.15, 0.2) is 77.9 Å². The van der Waals surface area contributed by atoms with Gasteiger partial charge >= 0.3 is 11.8 Å². The molecular weight excluding hydrogens is 392 g/mol. The van der Waals surface area contributed by atoms with Crippen LogP contribution in [0, 0.1) is 6.92 Å². The third-order valence-corrected chi connectivity index (χ3v) is 4.55. The van der Waals surface area contributed by atoms with E-state index in [2.05, 4.69) is 21.2 Å². The second-order valence-electron chi connectivity index (χ2n) is 6.73. The van der Waals surface area contributed by atoms with Gasteiger partial charge < -0.3 is 15.4 Å². The first kappa shape index (κ1) is 21.6. The monoisotopic (exact) mass is 416 g/mol. The topological polar surface area (TPSA) is 91.8 Å². The molecule has 7 nitrogen and oxygen atoms in total. The number of nitrogens with one attached hydrogen (secondary N) is 3. The fourth-order valence-electron chi connectivity index (χ4n) is 2.88. The zero-order chi connectivity index (χ0) is 22.1. The van der Waals surface area contributed by atoms with E-state index in [1.165, 1.54) is 6.21 Å². The van der Waals surface area contributed by atoms with Crippen LogP contribution in [0.1, 0.15) is 16.7 Å². The summed E-state index contributed by atoms with van der Waals surface area (Å²) in [6.45, 7) is 2.26. The second-order valence-corrected chi connectivity index (χ2v) is 6.73. The van der Waals surface area contributed by atoms with Crippen molar-refractivity contribution in [1.29, 1.82) is 0 Å². The molecule has 3 N–H and O–H groups in total. The van der Waals surface area contributed by atoms with Crippen LogP contribution in [0.25, 0.3) is 0 Å². The second kappa shape index (κ2) is 10.6. The zero-order valence-corrected chi connectivity index (χ0v) is 17.4. The molecule has 3 aromatic rings. The summed E-state index contributed by atoms with van der Waals surface area (Å²) in [4.78, 5) is 24.0. The van der Waals surface area contributed by atoms with Gasteiger partial charge in [-0.25, -0.2) is 5.43 Å². The standard InChI is InChI=1S/C24H24N4O3/c1-17-9-6-7-13-20(17)27-22-19(12-8-14-21(22)31-2)16-26-28-24(30)23(29)25-15-18-10-4-3-5-11-18/h3-14,16,27H,15H2,1-2H3,(H,25,29)(H,28,30)/b26-16-. The highest BCUT2D eigenvalue weighted by Crippen LogP contribution is 2.31. The molecule has 0 saturated carbocycles. The molecule has 0 heterocycles. The van der Waals surface area contributed by atoms with Gasteiger partial charge in [0.1, 0.15) is 5.75 Å². The number of benzene rings is 3. The highest BCUT2D eigenvalue weighted by molar-refractivity contribution is 6.35. The van der Waals surface area contributed by atoms with Gasteiger partial charge in [0.05, 0.1) is 19.0 Å². The van der Waals surface area contributed by atoms with Crippen molar-refractivity contribution in [2.75, 3.05) is 12.4 Å². The van der Waals surface area contributed by atoms with Crippen LogP contribution in [-0.4, -0.2) is 25.1 Å². The smallest absolute Gasteiger partial charge is 0.329 e. The summed E-state index contributed by atoms with van der Waals surface area (Å²) in [6.07, 6.45) is 1.46. The Labute approximate surface area is 181 Å². The van der Waals surface area contributed by atoms with Crippen LogP contribution in [0.5, 0.6) is 5.75 Å². The normalized spacial score (nSPS) is 10.5. The van der Waals surface area contributed by atoms with E-state index in [9.17, 15) is 9.59 Å². The molecule has 0 atom stereocenters. The number of anilines is 2. The maximum Gasteiger partial charge on any atom is 0.329 e. The van der Waals surface area contributed by atoms with E-state index >= 15 is 0 Å². The molecule has 7 heteroatoms. The summed E-state index contributed by atoms with van der Waals surface area (Å²) in [5, 5.41) is 9.85. The van der Waals surface area contributed by atoms with Crippen LogP contribution in [0.4, 0.5) is 11.4 Å². The van der Waals surface area contributed by atoms with Gasteiger partial charge in [-0.1, -0.05) is 60.7 Å². The van der Waals surface area contributed by atoms with Crippen LogP contribution < -0.4 is 20.8 Å². The first-order valence-electron chi connectivity index (χ1n) is 9.73.